The topological polar surface area (TPSA) is 85.5 Å². The zero-order valence-corrected chi connectivity index (χ0v) is 15.4. The van der Waals surface area contributed by atoms with Gasteiger partial charge in [0, 0.05) is 19.0 Å². The first-order valence-electron chi connectivity index (χ1n) is 7.87. The average molecular weight is 353 g/mol. The molecule has 7 nitrogen and oxygen atoms in total. The van der Waals surface area contributed by atoms with Gasteiger partial charge >= 0.3 is 0 Å². The maximum absolute atomic E-state index is 12.7. The zero-order chi connectivity index (χ0) is 17.9. The Labute approximate surface area is 142 Å². The lowest BCUT2D eigenvalue weighted by Gasteiger charge is -2.19. The molecule has 0 saturated heterocycles. The SMILES string of the molecule is CCN(CC)S(=O)(=O)c1ccc(OC)c(-c2nc(C(C)C)no2)c1. The molecule has 0 saturated carbocycles. The van der Waals surface area contributed by atoms with Crippen LogP contribution in [0.15, 0.2) is 27.6 Å². The summed E-state index contributed by atoms with van der Waals surface area (Å²) < 4.78 is 37.4. The molecule has 8 heteroatoms. The number of methoxy groups -OCH3 is 1. The lowest BCUT2D eigenvalue weighted by molar-refractivity contribution is 0.401. The van der Waals surface area contributed by atoms with Crippen LogP contribution in [0.5, 0.6) is 5.75 Å². The highest BCUT2D eigenvalue weighted by molar-refractivity contribution is 7.89. The Balaban J connectivity index is 2.55. The smallest absolute Gasteiger partial charge is 0.261 e. The van der Waals surface area contributed by atoms with Crippen LogP contribution in [0.2, 0.25) is 0 Å². The maximum Gasteiger partial charge on any atom is 0.261 e. The largest absolute Gasteiger partial charge is 0.496 e. The van der Waals surface area contributed by atoms with Gasteiger partial charge in [0.15, 0.2) is 5.82 Å². The molecular formula is C16H23N3O4S. The van der Waals surface area contributed by atoms with Gasteiger partial charge in [-0.05, 0) is 18.2 Å². The summed E-state index contributed by atoms with van der Waals surface area (Å²) in [6.07, 6.45) is 0. The van der Waals surface area contributed by atoms with Gasteiger partial charge in [0.05, 0.1) is 17.6 Å². The number of sulfonamides is 1. The minimum atomic E-state index is -3.58. The molecule has 0 bridgehead atoms. The molecule has 0 fully saturated rings. The van der Waals surface area contributed by atoms with Gasteiger partial charge in [-0.25, -0.2) is 8.42 Å². The van der Waals surface area contributed by atoms with Crippen molar-refractivity contribution >= 4 is 10.0 Å². The summed E-state index contributed by atoms with van der Waals surface area (Å²) in [7, 11) is -2.07. The van der Waals surface area contributed by atoms with Crippen LogP contribution in [0.25, 0.3) is 11.5 Å². The van der Waals surface area contributed by atoms with Crippen LogP contribution in [0.1, 0.15) is 39.4 Å². The summed E-state index contributed by atoms with van der Waals surface area (Å²) in [6.45, 7) is 8.31. The first-order chi connectivity index (χ1) is 11.3. The van der Waals surface area contributed by atoms with Crippen molar-refractivity contribution < 1.29 is 17.7 Å². The normalized spacial score (nSPS) is 12.1. The van der Waals surface area contributed by atoms with Crippen molar-refractivity contribution in [2.24, 2.45) is 0 Å². The van der Waals surface area contributed by atoms with Crippen molar-refractivity contribution in [2.75, 3.05) is 20.2 Å². The second kappa shape index (κ2) is 7.31. The molecule has 0 N–H and O–H groups in total. The molecule has 24 heavy (non-hydrogen) atoms. The average Bonchev–Trinajstić information content (AvgIpc) is 3.05. The molecule has 0 aliphatic carbocycles. The molecule has 0 aliphatic rings. The lowest BCUT2D eigenvalue weighted by Crippen LogP contribution is -2.30. The van der Waals surface area contributed by atoms with Gasteiger partial charge in [-0.2, -0.15) is 9.29 Å². The van der Waals surface area contributed by atoms with Gasteiger partial charge in [0.1, 0.15) is 5.75 Å². The summed E-state index contributed by atoms with van der Waals surface area (Å²) in [6, 6.07) is 4.64. The Hall–Kier alpha value is -1.93. The first-order valence-corrected chi connectivity index (χ1v) is 9.31. The van der Waals surface area contributed by atoms with Gasteiger partial charge in [0.2, 0.25) is 10.0 Å². The Morgan fingerprint density at radius 3 is 2.42 bits per heavy atom. The van der Waals surface area contributed by atoms with Gasteiger partial charge < -0.3 is 9.26 Å². The second-order valence-electron chi connectivity index (χ2n) is 5.56. The third-order valence-electron chi connectivity index (χ3n) is 3.70. The van der Waals surface area contributed by atoms with Crippen molar-refractivity contribution in [1.29, 1.82) is 0 Å². The fourth-order valence-corrected chi connectivity index (χ4v) is 3.79. The van der Waals surface area contributed by atoms with Crippen LogP contribution in [0.4, 0.5) is 0 Å². The number of nitrogens with zero attached hydrogens (tertiary/aromatic N) is 3. The number of aromatic nitrogens is 2. The van der Waals surface area contributed by atoms with Gasteiger partial charge in [-0.3, -0.25) is 0 Å². The van der Waals surface area contributed by atoms with Crippen molar-refractivity contribution in [3.8, 4) is 17.2 Å². The van der Waals surface area contributed by atoms with Gasteiger partial charge in [0.25, 0.3) is 5.89 Å². The number of hydrogen-bond donors (Lipinski definition) is 0. The number of rotatable bonds is 7. The lowest BCUT2D eigenvalue weighted by atomic mass is 10.2. The fourth-order valence-electron chi connectivity index (χ4n) is 2.31. The summed E-state index contributed by atoms with van der Waals surface area (Å²) in [5.74, 6) is 1.39. The van der Waals surface area contributed by atoms with Crippen molar-refractivity contribution in [3.63, 3.8) is 0 Å². The van der Waals surface area contributed by atoms with Crippen LogP contribution >= 0.6 is 0 Å². The van der Waals surface area contributed by atoms with Gasteiger partial charge in [-0.1, -0.05) is 32.9 Å². The molecule has 1 aromatic carbocycles. The van der Waals surface area contributed by atoms with E-state index in [2.05, 4.69) is 10.1 Å². The Morgan fingerprint density at radius 1 is 1.25 bits per heavy atom. The number of ether oxygens (including phenoxy) is 1. The summed E-state index contributed by atoms with van der Waals surface area (Å²) in [5, 5.41) is 3.93. The highest BCUT2D eigenvalue weighted by Gasteiger charge is 2.24. The van der Waals surface area contributed by atoms with E-state index in [-0.39, 0.29) is 16.7 Å². The Morgan fingerprint density at radius 2 is 1.92 bits per heavy atom. The maximum atomic E-state index is 12.7. The highest BCUT2D eigenvalue weighted by atomic mass is 32.2. The van der Waals surface area contributed by atoms with E-state index < -0.39 is 10.0 Å². The van der Waals surface area contributed by atoms with E-state index in [4.69, 9.17) is 9.26 Å². The highest BCUT2D eigenvalue weighted by Crippen LogP contribution is 2.32. The molecule has 1 aromatic heterocycles. The van der Waals surface area contributed by atoms with Crippen LogP contribution in [-0.2, 0) is 10.0 Å². The van der Waals surface area contributed by atoms with Crippen molar-refractivity contribution in [2.45, 2.75) is 38.5 Å². The Bertz CT molecular complexity index is 795. The third-order valence-corrected chi connectivity index (χ3v) is 5.75. The van der Waals surface area contributed by atoms with E-state index in [1.54, 1.807) is 19.9 Å². The third kappa shape index (κ3) is 3.44. The molecule has 0 amide bonds. The minimum Gasteiger partial charge on any atom is -0.496 e. The van der Waals surface area contributed by atoms with Crippen molar-refractivity contribution in [1.82, 2.24) is 14.4 Å². The van der Waals surface area contributed by atoms with Crippen LogP contribution in [0, 0.1) is 0 Å². The molecule has 0 atom stereocenters. The van der Waals surface area contributed by atoms with Crippen LogP contribution < -0.4 is 4.74 Å². The first kappa shape index (κ1) is 18.4. The predicted octanol–water partition coefficient (Wildman–Crippen LogP) is 2.90. The standard InChI is InChI=1S/C16H23N3O4S/c1-6-19(7-2)24(20,21)12-8-9-14(22-5)13(10-12)16-17-15(11(3)4)18-23-16/h8-11H,6-7H2,1-5H3. The molecule has 0 unspecified atom stereocenters. The molecule has 0 radical (unpaired) electrons. The van der Waals surface area contributed by atoms with E-state index in [9.17, 15) is 8.42 Å². The number of hydrogen-bond acceptors (Lipinski definition) is 6. The number of benzene rings is 1. The molecule has 132 valence electrons. The summed E-state index contributed by atoms with van der Waals surface area (Å²) >= 11 is 0. The minimum absolute atomic E-state index is 0.107. The van der Waals surface area contributed by atoms with E-state index >= 15 is 0 Å². The molecular weight excluding hydrogens is 330 g/mol. The van der Waals surface area contributed by atoms with E-state index in [0.717, 1.165) is 0 Å². The zero-order valence-electron chi connectivity index (χ0n) is 14.6. The van der Waals surface area contributed by atoms with E-state index in [1.165, 1.54) is 23.5 Å². The monoisotopic (exact) mass is 353 g/mol. The fraction of sp³-hybridized carbons (Fsp3) is 0.500. The molecule has 2 rings (SSSR count). The van der Waals surface area contributed by atoms with Crippen LogP contribution in [-0.4, -0.2) is 43.1 Å². The van der Waals surface area contributed by atoms with Gasteiger partial charge in [-0.15, -0.1) is 0 Å². The second-order valence-corrected chi connectivity index (χ2v) is 7.50. The summed E-state index contributed by atoms with van der Waals surface area (Å²) in [5.41, 5.74) is 0.463. The van der Waals surface area contributed by atoms with E-state index in [1.807, 2.05) is 13.8 Å². The van der Waals surface area contributed by atoms with Crippen molar-refractivity contribution in [3.05, 3.63) is 24.0 Å². The molecule has 1 heterocycles. The Kier molecular flexibility index (Phi) is 5.61. The predicted molar refractivity (Wildman–Crippen MR) is 90.5 cm³/mol. The molecule has 0 spiro atoms. The summed E-state index contributed by atoms with van der Waals surface area (Å²) in [4.78, 5) is 4.50. The molecule has 0 aliphatic heterocycles. The van der Waals surface area contributed by atoms with E-state index in [0.29, 0.717) is 30.2 Å². The molecule has 2 aromatic rings. The quantitative estimate of drug-likeness (QED) is 0.761. The van der Waals surface area contributed by atoms with Crippen LogP contribution in [0.3, 0.4) is 0 Å².